The second-order valence-electron chi connectivity index (χ2n) is 22.5. The Morgan fingerprint density at radius 3 is 2.20 bits per heavy atom. The molecule has 0 aromatic heterocycles. The number of carbonyl (C=O) groups is 2. The van der Waals surface area contributed by atoms with E-state index in [0.29, 0.717) is 56.4 Å². The zero-order chi connectivity index (χ0) is 52.6. The standard InChI is InChI=1S/C65H66O11/c1-36(67)75-59-32-47(76-63(72)64(21-9-15-43(64)16-10-22-66)44-19-18-40-24-46(68)30-49(48(40)29-44)38-12-5-4-6-13-38)31-52-50-34-61(74-3)57(70)27-41(50)25-53-56(69)35-54-51-33-58(71)60(73-2)28-42(51)26-55(59)65(54,62(52)53)45-20-17-37-11-7-8-14-39(37)23-45/h4-8,11-14,17-20,23-24,27-30,33-34,43,47,52-56,59,62,66,68-71H,9-10,15-16,21-22,25-26,31-32,35H2,1-3H3. The molecule has 0 spiro atoms. The van der Waals surface area contributed by atoms with E-state index in [9.17, 15) is 30.3 Å². The van der Waals surface area contributed by atoms with Gasteiger partial charge in [-0.25, -0.2) is 0 Å². The summed E-state index contributed by atoms with van der Waals surface area (Å²) in [4.78, 5) is 30.0. The van der Waals surface area contributed by atoms with Crippen LogP contribution < -0.4 is 9.47 Å². The SMILES string of the molecule is COc1cc2c(cc1O)C1CC(O)C3Cc4cc(O)c(OC)cc4C4CC(OC(=O)C5(c6ccc7cc(O)cc(-c8ccccc8)c7c6)CCCC5CCCO)CC(OC(C)=O)C(C2)C1(c1ccc2ccccc2c1)C43. The number of phenols is 3. The van der Waals surface area contributed by atoms with Crippen LogP contribution in [0.4, 0.5) is 0 Å². The van der Waals surface area contributed by atoms with Crippen LogP contribution in [-0.4, -0.2) is 76.6 Å². The number of phenolic OH excluding ortho intramolecular Hbond substituents is 3. The minimum Gasteiger partial charge on any atom is -0.508 e. The highest BCUT2D eigenvalue weighted by Gasteiger charge is 2.67. The molecule has 0 bridgehead atoms. The molecule has 5 aliphatic carbocycles. The minimum absolute atomic E-state index is 0.00266. The molecular formula is C65H66O11. The van der Waals surface area contributed by atoms with E-state index in [0.717, 1.165) is 78.9 Å². The first-order chi connectivity index (χ1) is 36.9. The van der Waals surface area contributed by atoms with Gasteiger partial charge in [-0.1, -0.05) is 91.3 Å². The maximum absolute atomic E-state index is 16.2. The van der Waals surface area contributed by atoms with Crippen molar-refractivity contribution in [3.8, 4) is 39.9 Å². The van der Waals surface area contributed by atoms with E-state index in [1.54, 1.807) is 18.2 Å². The third kappa shape index (κ3) is 7.98. The maximum atomic E-state index is 16.2. The van der Waals surface area contributed by atoms with Gasteiger partial charge in [-0.3, -0.25) is 9.59 Å². The first-order valence-corrected chi connectivity index (χ1v) is 27.1. The molecule has 11 nitrogen and oxygen atoms in total. The second-order valence-corrected chi connectivity index (χ2v) is 22.5. The predicted molar refractivity (Wildman–Crippen MR) is 290 cm³/mol. The van der Waals surface area contributed by atoms with Crippen LogP contribution in [0.3, 0.4) is 0 Å². The smallest absolute Gasteiger partial charge is 0.317 e. The van der Waals surface area contributed by atoms with Crippen molar-refractivity contribution in [2.45, 2.75) is 112 Å². The topological polar surface area (TPSA) is 172 Å². The molecular weight excluding hydrogens is 957 g/mol. The molecule has 11 unspecified atom stereocenters. The van der Waals surface area contributed by atoms with Crippen LogP contribution in [-0.2, 0) is 42.7 Å². The highest BCUT2D eigenvalue weighted by atomic mass is 16.6. The molecule has 76 heavy (non-hydrogen) atoms. The van der Waals surface area contributed by atoms with Gasteiger partial charge in [-0.2, -0.15) is 0 Å². The van der Waals surface area contributed by atoms with Crippen LogP contribution in [0.1, 0.15) is 104 Å². The number of aromatic hydroxyl groups is 3. The third-order valence-corrected chi connectivity index (χ3v) is 18.9. The summed E-state index contributed by atoms with van der Waals surface area (Å²) in [6.45, 7) is 1.42. The molecule has 7 aromatic carbocycles. The van der Waals surface area contributed by atoms with Crippen LogP contribution in [0.15, 0.2) is 127 Å². The van der Waals surface area contributed by atoms with Gasteiger partial charge < -0.3 is 44.5 Å². The third-order valence-electron chi connectivity index (χ3n) is 18.9. The van der Waals surface area contributed by atoms with Crippen molar-refractivity contribution in [1.82, 2.24) is 0 Å². The summed E-state index contributed by atoms with van der Waals surface area (Å²) in [5.74, 6) is -2.09. The second kappa shape index (κ2) is 19.5. The van der Waals surface area contributed by atoms with Gasteiger partial charge in [0, 0.05) is 31.3 Å². The number of carbonyl (C=O) groups excluding carboxylic acids is 2. The van der Waals surface area contributed by atoms with Crippen molar-refractivity contribution in [2.75, 3.05) is 20.8 Å². The number of methoxy groups -OCH3 is 2. The monoisotopic (exact) mass is 1020 g/mol. The van der Waals surface area contributed by atoms with E-state index in [-0.39, 0.29) is 65.8 Å². The summed E-state index contributed by atoms with van der Waals surface area (Å²) in [6, 6.07) is 41.8. The van der Waals surface area contributed by atoms with Crippen LogP contribution in [0, 0.1) is 23.7 Å². The van der Waals surface area contributed by atoms with Crippen molar-refractivity contribution in [2.24, 2.45) is 23.7 Å². The van der Waals surface area contributed by atoms with Crippen LogP contribution in [0.5, 0.6) is 28.7 Å². The van der Waals surface area contributed by atoms with Gasteiger partial charge >= 0.3 is 11.9 Å². The fourth-order valence-electron chi connectivity index (χ4n) is 16.0. The van der Waals surface area contributed by atoms with E-state index in [1.807, 2.05) is 72.8 Å². The maximum Gasteiger partial charge on any atom is 0.317 e. The van der Waals surface area contributed by atoms with E-state index < -0.39 is 41.0 Å². The number of aliphatic hydroxyl groups excluding tert-OH is 2. The van der Waals surface area contributed by atoms with Crippen molar-refractivity contribution in [3.05, 3.63) is 161 Å². The van der Waals surface area contributed by atoms with Gasteiger partial charge in [0.1, 0.15) is 18.0 Å². The zero-order valence-electron chi connectivity index (χ0n) is 43.3. The first-order valence-electron chi connectivity index (χ1n) is 27.1. The lowest BCUT2D eigenvalue weighted by Gasteiger charge is -2.66. The highest BCUT2D eigenvalue weighted by Crippen LogP contribution is 2.70. The first kappa shape index (κ1) is 49.8. The summed E-state index contributed by atoms with van der Waals surface area (Å²) in [7, 11) is 3.07. The highest BCUT2D eigenvalue weighted by molar-refractivity contribution is 5.99. The fourth-order valence-corrected chi connectivity index (χ4v) is 16.0. The lowest BCUT2D eigenvalue weighted by molar-refractivity contribution is -0.174. The fraction of sp³-hybridized carbons (Fsp3) is 0.385. The molecule has 0 radical (unpaired) electrons. The zero-order valence-corrected chi connectivity index (χ0v) is 43.3. The number of benzene rings is 7. The largest absolute Gasteiger partial charge is 0.508 e. The Morgan fingerprint density at radius 2 is 1.42 bits per heavy atom. The number of rotatable bonds is 11. The molecule has 3 fully saturated rings. The van der Waals surface area contributed by atoms with E-state index in [1.165, 1.54) is 21.1 Å². The average Bonchev–Trinajstić information content (AvgIpc) is 3.84. The summed E-state index contributed by atoms with van der Waals surface area (Å²) in [5.41, 5.74) is 5.36. The van der Waals surface area contributed by atoms with Crippen molar-refractivity contribution in [1.29, 1.82) is 0 Å². The number of ether oxygens (including phenoxy) is 4. The van der Waals surface area contributed by atoms with Gasteiger partial charge in [0.2, 0.25) is 0 Å². The summed E-state index contributed by atoms with van der Waals surface area (Å²) < 4.78 is 25.6. The molecule has 0 heterocycles. The molecule has 7 aromatic rings. The van der Waals surface area contributed by atoms with E-state index in [4.69, 9.17) is 18.9 Å². The molecule has 5 N–H and O–H groups in total. The van der Waals surface area contributed by atoms with Crippen LogP contribution >= 0.6 is 0 Å². The number of esters is 2. The number of aliphatic hydroxyl groups is 2. The molecule has 12 rings (SSSR count). The molecule has 11 atom stereocenters. The quantitative estimate of drug-likeness (QED) is 0.0781. The Hall–Kier alpha value is -7.08. The lowest BCUT2D eigenvalue weighted by Crippen LogP contribution is -2.65. The molecule has 5 aliphatic rings. The van der Waals surface area contributed by atoms with Gasteiger partial charge in [0.05, 0.1) is 25.7 Å². The van der Waals surface area contributed by atoms with Gasteiger partial charge in [0.15, 0.2) is 23.0 Å². The molecule has 0 aliphatic heterocycles. The Kier molecular flexibility index (Phi) is 12.8. The van der Waals surface area contributed by atoms with Crippen molar-refractivity contribution >= 4 is 33.5 Å². The lowest BCUT2D eigenvalue weighted by atomic mass is 9.38. The number of fused-ring (bicyclic) bond motifs is 6. The molecule has 0 saturated heterocycles. The number of hydrogen-bond acceptors (Lipinski definition) is 11. The molecule has 392 valence electrons. The molecule has 3 saturated carbocycles. The van der Waals surface area contributed by atoms with Crippen LogP contribution in [0.2, 0.25) is 0 Å². The van der Waals surface area contributed by atoms with E-state index >= 15 is 4.79 Å². The summed E-state index contributed by atoms with van der Waals surface area (Å²) in [6.07, 6.45) is 2.46. The Bertz CT molecular complexity index is 3390. The Morgan fingerprint density at radius 1 is 0.697 bits per heavy atom. The summed E-state index contributed by atoms with van der Waals surface area (Å²) in [5, 5.41) is 61.0. The normalized spacial score (nSPS) is 28.3. The van der Waals surface area contributed by atoms with E-state index in [2.05, 4.69) is 36.4 Å². The average molecular weight is 1020 g/mol. The van der Waals surface area contributed by atoms with Crippen molar-refractivity contribution < 1.29 is 54.1 Å². The molecule has 0 amide bonds. The number of hydrogen-bond donors (Lipinski definition) is 5. The minimum atomic E-state index is -1.11. The van der Waals surface area contributed by atoms with Crippen molar-refractivity contribution in [3.63, 3.8) is 0 Å². The Labute approximate surface area is 443 Å². The van der Waals surface area contributed by atoms with Gasteiger partial charge in [-0.15, -0.1) is 0 Å². The van der Waals surface area contributed by atoms with Crippen LogP contribution in [0.25, 0.3) is 32.7 Å². The summed E-state index contributed by atoms with van der Waals surface area (Å²) >= 11 is 0. The Balaban J connectivity index is 1.07. The van der Waals surface area contributed by atoms with Gasteiger partial charge in [-0.05, 0) is 189 Å². The van der Waals surface area contributed by atoms with Gasteiger partial charge in [0.25, 0.3) is 0 Å². The predicted octanol–water partition coefficient (Wildman–Crippen LogP) is 11.5. The molecule has 11 heteroatoms.